The summed E-state index contributed by atoms with van der Waals surface area (Å²) in [4.78, 5) is 7.06. The Hall–Kier alpha value is -0.395. The van der Waals surface area contributed by atoms with Gasteiger partial charge in [0, 0.05) is 0 Å². The van der Waals surface area contributed by atoms with Crippen molar-refractivity contribution in [1.82, 2.24) is 0 Å². The number of hydrogen-bond acceptors (Lipinski definition) is 5. The predicted octanol–water partition coefficient (Wildman–Crippen LogP) is 0.0218. The molecule has 74 valence electrons. The van der Waals surface area contributed by atoms with Crippen LogP contribution in [-0.2, 0) is 25.0 Å². The normalized spacial score (nSPS) is 10.1. The Morgan fingerprint density at radius 3 is 1.17 bits per heavy atom. The molecule has 0 aromatic carbocycles. The highest BCUT2D eigenvalue weighted by atomic mass is 32.3. The minimum absolute atomic E-state index is 2.35. The Kier molecular flexibility index (Phi) is 8.56. The van der Waals surface area contributed by atoms with E-state index in [2.05, 4.69) is 14.6 Å². The Bertz CT molecular complexity index is 160. The van der Waals surface area contributed by atoms with Crippen molar-refractivity contribution in [2.24, 2.45) is 0 Å². The van der Waals surface area contributed by atoms with E-state index in [0.717, 1.165) is 0 Å². The molecule has 0 aliphatic carbocycles. The van der Waals surface area contributed by atoms with Crippen molar-refractivity contribution in [1.29, 1.82) is 0 Å². The molecule has 0 unspecified atom stereocenters. The van der Waals surface area contributed by atoms with Gasteiger partial charge in [0.05, 0.1) is 0 Å². The largest absolute Gasteiger partial charge is 0.737 e. The average molecular weight is 214 g/mol. The van der Waals surface area contributed by atoms with Gasteiger partial charge in [0.2, 0.25) is 0 Å². The highest BCUT2D eigenvalue weighted by molar-refractivity contribution is 7.79. The molecule has 0 aliphatic rings. The van der Waals surface area contributed by atoms with Crippen molar-refractivity contribution in [2.75, 3.05) is 0 Å². The number of halogens is 3. The van der Waals surface area contributed by atoms with Gasteiger partial charge in [-0.05, 0) is 0 Å². The minimum atomic E-state index is -4.67. The molecule has 0 saturated heterocycles. The monoisotopic (exact) mass is 214 g/mol. The third kappa shape index (κ3) is 22.6. The van der Waals surface area contributed by atoms with Gasteiger partial charge in [0.15, 0.2) is 0 Å². The quantitative estimate of drug-likeness (QED) is 0.504. The summed E-state index contributed by atoms with van der Waals surface area (Å²) < 4.78 is 62.9. The molecule has 0 spiro atoms. The topological polar surface area (TPSA) is 102 Å². The van der Waals surface area contributed by atoms with Gasteiger partial charge in [0.25, 0.3) is 0 Å². The molecule has 0 heterocycles. The lowest BCUT2D eigenvalue weighted by Gasteiger charge is -1.88. The van der Waals surface area contributed by atoms with Gasteiger partial charge in [-0.25, -0.2) is 0 Å². The Morgan fingerprint density at radius 1 is 1.00 bits per heavy atom. The molecular formula is H2BF3O7S. The number of hydrogen-bond donors (Lipinski definition) is 2. The Labute approximate surface area is 64.5 Å². The Balaban J connectivity index is 0. The summed E-state index contributed by atoms with van der Waals surface area (Å²) >= 11 is 0. The van der Waals surface area contributed by atoms with Crippen LogP contribution in [0.1, 0.15) is 0 Å². The van der Waals surface area contributed by atoms with Crippen LogP contribution >= 0.6 is 0 Å². The van der Waals surface area contributed by atoms with E-state index in [9.17, 15) is 13.6 Å². The van der Waals surface area contributed by atoms with Crippen LogP contribution in [0.3, 0.4) is 0 Å². The maximum Gasteiger partial charge on any atom is 0.737 e. The van der Waals surface area contributed by atoms with E-state index in [4.69, 9.17) is 17.5 Å². The fourth-order valence-electron chi connectivity index (χ4n) is 0.0412. The first kappa shape index (κ1) is 14.1. The van der Waals surface area contributed by atoms with Crippen molar-refractivity contribution in [2.45, 2.75) is 0 Å². The molecule has 12 heteroatoms. The fraction of sp³-hybridized carbons (Fsp3) is 0. The maximum atomic E-state index is 10.4. The van der Waals surface area contributed by atoms with Crippen molar-refractivity contribution < 1.29 is 45.7 Å². The van der Waals surface area contributed by atoms with E-state index in [1.54, 1.807) is 0 Å². The lowest BCUT2D eigenvalue weighted by molar-refractivity contribution is -0.190. The fourth-order valence-corrected chi connectivity index (χ4v) is 0.0412. The van der Waals surface area contributed by atoms with Gasteiger partial charge in [-0.15, -0.1) is 0 Å². The molecule has 12 heavy (non-hydrogen) atoms. The summed E-state index contributed by atoms with van der Waals surface area (Å²) in [5.74, 6) is 0. The van der Waals surface area contributed by atoms with Crippen LogP contribution in [0, 0.1) is 0 Å². The zero-order valence-corrected chi connectivity index (χ0v) is 5.87. The third-order valence-electron chi connectivity index (χ3n) is 0.218. The van der Waals surface area contributed by atoms with Crippen LogP contribution in [0.5, 0.6) is 0 Å². The first-order valence-corrected chi connectivity index (χ1v) is 3.27. The molecule has 0 rings (SSSR count). The van der Waals surface area contributed by atoms with E-state index in [-0.39, 0.29) is 0 Å². The van der Waals surface area contributed by atoms with Gasteiger partial charge in [-0.3, -0.25) is 9.11 Å². The molecule has 0 bridgehead atoms. The van der Waals surface area contributed by atoms with E-state index >= 15 is 0 Å². The molecule has 2 N–H and O–H groups in total. The average Bonchev–Trinajstić information content (AvgIpc) is 1.88. The molecule has 0 aromatic rings. The van der Waals surface area contributed by atoms with Crippen LogP contribution in [-0.4, -0.2) is 24.8 Å². The summed E-state index contributed by atoms with van der Waals surface area (Å²) in [6.07, 6.45) is 0. The smallest absolute Gasteiger partial charge is 0.264 e. The van der Waals surface area contributed by atoms with Crippen LogP contribution < -0.4 is 0 Å². The molecule has 7 nitrogen and oxygen atoms in total. The van der Waals surface area contributed by atoms with Gasteiger partial charge < -0.3 is 0 Å². The highest BCUT2D eigenvalue weighted by Gasteiger charge is 2.24. The molecule has 0 aromatic heterocycles. The zero-order chi connectivity index (χ0) is 10.2. The molecule has 0 fully saturated rings. The van der Waals surface area contributed by atoms with Crippen LogP contribution in [0.15, 0.2) is 0 Å². The summed E-state index contributed by atoms with van der Waals surface area (Å²) in [5, 5.41) is 0. The minimum Gasteiger partial charge on any atom is -0.264 e. The molecule has 0 aliphatic heterocycles. The molecule has 0 saturated carbocycles. The van der Waals surface area contributed by atoms with Crippen LogP contribution in [0.4, 0.5) is 13.6 Å². The first-order chi connectivity index (χ1) is 5.35. The van der Waals surface area contributed by atoms with Crippen molar-refractivity contribution >= 4 is 17.7 Å². The van der Waals surface area contributed by atoms with Crippen LogP contribution in [0.2, 0.25) is 0 Å². The van der Waals surface area contributed by atoms with E-state index < -0.39 is 17.7 Å². The summed E-state index contributed by atoms with van der Waals surface area (Å²) in [6.45, 7) is 0. The summed E-state index contributed by atoms with van der Waals surface area (Å²) in [5.41, 5.74) is 0. The predicted molar refractivity (Wildman–Crippen MR) is 26.5 cm³/mol. The second-order valence-electron chi connectivity index (χ2n) is 1.00. The van der Waals surface area contributed by atoms with E-state index in [0.29, 0.717) is 0 Å². The standard InChI is InChI=1S/BF3O3.H2O4S/c2-5-1(6-3)7-4;1-5(2,3)4/h;(H2,1,2,3,4). The van der Waals surface area contributed by atoms with Crippen LogP contribution in [0.25, 0.3) is 0 Å². The van der Waals surface area contributed by atoms with E-state index in [1.807, 2.05) is 0 Å². The maximum absolute atomic E-state index is 10.4. The van der Waals surface area contributed by atoms with Crippen molar-refractivity contribution in [3.05, 3.63) is 0 Å². The third-order valence-corrected chi connectivity index (χ3v) is 0.218. The zero-order valence-electron chi connectivity index (χ0n) is 5.06. The summed E-state index contributed by atoms with van der Waals surface area (Å²) in [7, 11) is -7.18. The van der Waals surface area contributed by atoms with Gasteiger partial charge in [-0.1, -0.05) is 13.6 Å². The van der Waals surface area contributed by atoms with Gasteiger partial charge >= 0.3 is 17.7 Å². The van der Waals surface area contributed by atoms with Gasteiger partial charge in [0.1, 0.15) is 0 Å². The number of rotatable bonds is 3. The SMILES string of the molecule is FOB(OF)OF.O=S(=O)(O)O. The molecule has 0 atom stereocenters. The first-order valence-electron chi connectivity index (χ1n) is 1.87. The van der Waals surface area contributed by atoms with Crippen molar-refractivity contribution in [3.63, 3.8) is 0 Å². The van der Waals surface area contributed by atoms with Gasteiger partial charge in [-0.2, -0.15) is 23.0 Å². The van der Waals surface area contributed by atoms with E-state index in [1.165, 1.54) is 0 Å². The van der Waals surface area contributed by atoms with Crippen molar-refractivity contribution in [3.8, 4) is 0 Å². The Morgan fingerprint density at radius 2 is 1.17 bits per heavy atom. The second-order valence-corrected chi connectivity index (χ2v) is 1.90. The highest BCUT2D eigenvalue weighted by Crippen LogP contribution is 1.91. The lowest BCUT2D eigenvalue weighted by atomic mass is 10.3. The molecule has 0 radical (unpaired) electrons. The molecule has 0 amide bonds. The molecular weight excluding hydrogens is 212 g/mol. The lowest BCUT2D eigenvalue weighted by Crippen LogP contribution is -2.15. The second kappa shape index (κ2) is 7.26. The summed E-state index contributed by atoms with van der Waals surface area (Å²) in [6, 6.07) is 0.